The lowest BCUT2D eigenvalue weighted by molar-refractivity contribution is -0.127. The van der Waals surface area contributed by atoms with Crippen molar-refractivity contribution in [1.82, 2.24) is 5.32 Å². The standard InChI is InChI=1S/C14H20N2O2/c1-3-16-14(17)9(2)18-11-5-6-12-10(8-11)4-7-13(12)15/h5-6,8-9,13H,3-4,7,15H2,1-2H3,(H,16,17)/t9?,13-/m0/s1. The van der Waals surface area contributed by atoms with Crippen molar-refractivity contribution in [3.8, 4) is 5.75 Å². The SMILES string of the molecule is CCNC(=O)C(C)Oc1ccc2c(c1)CC[C@@H]2N. The van der Waals surface area contributed by atoms with Crippen molar-refractivity contribution in [1.29, 1.82) is 0 Å². The zero-order valence-corrected chi connectivity index (χ0v) is 10.9. The number of rotatable bonds is 4. The third-order valence-electron chi connectivity index (χ3n) is 3.27. The Hall–Kier alpha value is -1.55. The maximum absolute atomic E-state index is 11.6. The summed E-state index contributed by atoms with van der Waals surface area (Å²) in [5.41, 5.74) is 8.42. The molecule has 0 spiro atoms. The number of carbonyl (C=O) groups is 1. The molecule has 1 amide bonds. The van der Waals surface area contributed by atoms with E-state index in [1.165, 1.54) is 11.1 Å². The van der Waals surface area contributed by atoms with Crippen LogP contribution in [-0.2, 0) is 11.2 Å². The van der Waals surface area contributed by atoms with Gasteiger partial charge in [-0.2, -0.15) is 0 Å². The van der Waals surface area contributed by atoms with Gasteiger partial charge in [0.25, 0.3) is 5.91 Å². The van der Waals surface area contributed by atoms with Crippen LogP contribution in [0.1, 0.15) is 37.4 Å². The van der Waals surface area contributed by atoms with Crippen molar-refractivity contribution < 1.29 is 9.53 Å². The van der Waals surface area contributed by atoms with E-state index in [2.05, 4.69) is 5.32 Å². The molecule has 2 atom stereocenters. The number of hydrogen-bond donors (Lipinski definition) is 2. The summed E-state index contributed by atoms with van der Waals surface area (Å²) in [5, 5.41) is 2.74. The number of ether oxygens (including phenoxy) is 1. The van der Waals surface area contributed by atoms with Gasteiger partial charge in [-0.1, -0.05) is 6.07 Å². The number of nitrogens with two attached hydrogens (primary N) is 1. The van der Waals surface area contributed by atoms with Gasteiger partial charge in [0.2, 0.25) is 0 Å². The van der Waals surface area contributed by atoms with Crippen molar-refractivity contribution in [2.45, 2.75) is 38.8 Å². The van der Waals surface area contributed by atoms with E-state index in [1.54, 1.807) is 6.92 Å². The minimum absolute atomic E-state index is 0.0882. The average Bonchev–Trinajstić information content (AvgIpc) is 2.71. The Bertz CT molecular complexity index is 445. The molecule has 4 heteroatoms. The van der Waals surface area contributed by atoms with Gasteiger partial charge in [0.15, 0.2) is 6.10 Å². The third-order valence-corrected chi connectivity index (χ3v) is 3.27. The molecule has 98 valence electrons. The molecule has 0 fully saturated rings. The van der Waals surface area contributed by atoms with E-state index in [-0.39, 0.29) is 11.9 Å². The Balaban J connectivity index is 2.05. The molecule has 1 unspecified atom stereocenters. The molecule has 1 aliphatic rings. The lowest BCUT2D eigenvalue weighted by atomic mass is 10.1. The molecule has 1 aromatic carbocycles. The summed E-state index contributed by atoms with van der Waals surface area (Å²) < 4.78 is 5.64. The number of aryl methyl sites for hydroxylation is 1. The summed E-state index contributed by atoms with van der Waals surface area (Å²) in [6, 6.07) is 6.04. The smallest absolute Gasteiger partial charge is 0.260 e. The second kappa shape index (κ2) is 5.40. The number of carbonyl (C=O) groups excluding carboxylic acids is 1. The fourth-order valence-corrected chi connectivity index (χ4v) is 2.28. The summed E-state index contributed by atoms with van der Waals surface area (Å²) >= 11 is 0. The minimum Gasteiger partial charge on any atom is -0.481 e. The zero-order valence-electron chi connectivity index (χ0n) is 10.9. The summed E-state index contributed by atoms with van der Waals surface area (Å²) in [6.07, 6.45) is 1.51. The monoisotopic (exact) mass is 248 g/mol. The van der Waals surface area contributed by atoms with E-state index in [0.717, 1.165) is 18.6 Å². The number of nitrogens with one attached hydrogen (secondary N) is 1. The Labute approximate surface area is 108 Å². The van der Waals surface area contributed by atoms with Crippen molar-refractivity contribution in [2.75, 3.05) is 6.54 Å². The van der Waals surface area contributed by atoms with Crippen LogP contribution in [0.4, 0.5) is 0 Å². The summed E-state index contributed by atoms with van der Waals surface area (Å²) in [4.78, 5) is 11.6. The summed E-state index contributed by atoms with van der Waals surface area (Å²) in [7, 11) is 0. The second-order valence-corrected chi connectivity index (χ2v) is 4.66. The zero-order chi connectivity index (χ0) is 13.1. The molecule has 0 heterocycles. The maximum atomic E-state index is 11.6. The fourth-order valence-electron chi connectivity index (χ4n) is 2.28. The molecule has 4 nitrogen and oxygen atoms in total. The Morgan fingerprint density at radius 1 is 1.61 bits per heavy atom. The molecule has 0 aliphatic heterocycles. The lowest BCUT2D eigenvalue weighted by Gasteiger charge is -2.15. The molecular weight excluding hydrogens is 228 g/mol. The van der Waals surface area contributed by atoms with E-state index >= 15 is 0 Å². The van der Waals surface area contributed by atoms with Crippen molar-refractivity contribution in [2.24, 2.45) is 5.73 Å². The predicted octanol–water partition coefficient (Wildman–Crippen LogP) is 1.54. The first-order valence-electron chi connectivity index (χ1n) is 6.44. The van der Waals surface area contributed by atoms with Gasteiger partial charge in [-0.3, -0.25) is 4.79 Å². The minimum atomic E-state index is -0.474. The third kappa shape index (κ3) is 2.64. The highest BCUT2D eigenvalue weighted by atomic mass is 16.5. The Morgan fingerprint density at radius 2 is 2.39 bits per heavy atom. The van der Waals surface area contributed by atoms with Gasteiger partial charge >= 0.3 is 0 Å². The average molecular weight is 248 g/mol. The van der Waals surface area contributed by atoms with Crippen LogP contribution in [0.2, 0.25) is 0 Å². The van der Waals surface area contributed by atoms with Crippen LogP contribution in [0.5, 0.6) is 5.75 Å². The highest BCUT2D eigenvalue weighted by Gasteiger charge is 2.20. The number of benzene rings is 1. The van der Waals surface area contributed by atoms with Gasteiger partial charge < -0.3 is 15.8 Å². The second-order valence-electron chi connectivity index (χ2n) is 4.66. The molecule has 0 bridgehead atoms. The number of likely N-dealkylation sites (N-methyl/N-ethyl adjacent to an activating group) is 1. The van der Waals surface area contributed by atoms with Crippen molar-refractivity contribution >= 4 is 5.91 Å². The van der Waals surface area contributed by atoms with E-state index in [4.69, 9.17) is 10.5 Å². The molecule has 0 radical (unpaired) electrons. The normalized spacial score (nSPS) is 19.2. The van der Waals surface area contributed by atoms with Crippen LogP contribution < -0.4 is 15.8 Å². The largest absolute Gasteiger partial charge is 0.481 e. The van der Waals surface area contributed by atoms with Gasteiger partial charge in [-0.25, -0.2) is 0 Å². The topological polar surface area (TPSA) is 64.3 Å². The Kier molecular flexibility index (Phi) is 3.87. The fraction of sp³-hybridized carbons (Fsp3) is 0.500. The van der Waals surface area contributed by atoms with Crippen LogP contribution in [0, 0.1) is 0 Å². The van der Waals surface area contributed by atoms with Gasteiger partial charge in [0, 0.05) is 12.6 Å². The molecular formula is C14H20N2O2. The molecule has 3 N–H and O–H groups in total. The molecule has 18 heavy (non-hydrogen) atoms. The molecule has 1 aliphatic carbocycles. The first-order chi connectivity index (χ1) is 8.61. The number of amides is 1. The lowest BCUT2D eigenvalue weighted by Crippen LogP contribution is -2.36. The van der Waals surface area contributed by atoms with Crippen molar-refractivity contribution in [3.05, 3.63) is 29.3 Å². The van der Waals surface area contributed by atoms with E-state index in [9.17, 15) is 4.79 Å². The van der Waals surface area contributed by atoms with E-state index in [1.807, 2.05) is 25.1 Å². The van der Waals surface area contributed by atoms with E-state index in [0.29, 0.717) is 6.54 Å². The van der Waals surface area contributed by atoms with Crippen LogP contribution in [0.15, 0.2) is 18.2 Å². The number of fused-ring (bicyclic) bond motifs is 1. The Morgan fingerprint density at radius 3 is 3.11 bits per heavy atom. The first kappa shape index (κ1) is 12.9. The quantitative estimate of drug-likeness (QED) is 0.849. The summed E-state index contributed by atoms with van der Waals surface area (Å²) in [5.74, 6) is 0.649. The van der Waals surface area contributed by atoms with Gasteiger partial charge in [-0.05, 0) is 49.9 Å². The maximum Gasteiger partial charge on any atom is 0.260 e. The van der Waals surface area contributed by atoms with Gasteiger partial charge in [0.1, 0.15) is 5.75 Å². The van der Waals surface area contributed by atoms with E-state index < -0.39 is 6.10 Å². The predicted molar refractivity (Wildman–Crippen MR) is 70.5 cm³/mol. The summed E-state index contributed by atoms with van der Waals surface area (Å²) in [6.45, 7) is 4.26. The van der Waals surface area contributed by atoms with Crippen LogP contribution in [0.25, 0.3) is 0 Å². The molecule has 2 rings (SSSR count). The van der Waals surface area contributed by atoms with Crippen LogP contribution in [0.3, 0.4) is 0 Å². The molecule has 1 aromatic rings. The van der Waals surface area contributed by atoms with Crippen LogP contribution in [-0.4, -0.2) is 18.6 Å². The highest BCUT2D eigenvalue weighted by molar-refractivity contribution is 5.80. The van der Waals surface area contributed by atoms with Gasteiger partial charge in [-0.15, -0.1) is 0 Å². The van der Waals surface area contributed by atoms with Crippen molar-refractivity contribution in [3.63, 3.8) is 0 Å². The number of hydrogen-bond acceptors (Lipinski definition) is 3. The highest BCUT2D eigenvalue weighted by Crippen LogP contribution is 2.32. The first-order valence-corrected chi connectivity index (χ1v) is 6.44. The molecule has 0 saturated heterocycles. The van der Waals surface area contributed by atoms with Gasteiger partial charge in [0.05, 0.1) is 0 Å². The van der Waals surface area contributed by atoms with Crippen LogP contribution >= 0.6 is 0 Å². The molecule has 0 saturated carbocycles. The molecule has 0 aromatic heterocycles.